The number of rotatable bonds is 3. The van der Waals surface area contributed by atoms with E-state index in [0.717, 1.165) is 21.1 Å². The fourth-order valence-corrected chi connectivity index (χ4v) is 3.04. The minimum atomic E-state index is 0.442. The minimum Gasteiger partial charge on any atom is -0.251 e. The van der Waals surface area contributed by atoms with Gasteiger partial charge in [0, 0.05) is 20.8 Å². The average Bonchev–Trinajstić information content (AvgIpc) is 2.26. The summed E-state index contributed by atoms with van der Waals surface area (Å²) in [7, 11) is 0. The third-order valence-electron chi connectivity index (χ3n) is 2.38. The first-order valence-corrected chi connectivity index (χ1v) is 7.77. The Morgan fingerprint density at radius 2 is 1.95 bits per heavy atom. The monoisotopic (exact) mass is 403 g/mol. The maximum absolute atomic E-state index is 6.06. The summed E-state index contributed by atoms with van der Waals surface area (Å²) in [6.07, 6.45) is 2.58. The molecule has 6 heteroatoms. The molecule has 0 bridgehead atoms. The standard InChI is InChI=1S/C13H12Br2ClN3/c1-7(2)3-9-5-11(16)19-13(18-9)12-10(15)4-8(14)6-17-12/h4-7H,3H2,1-2H3. The van der Waals surface area contributed by atoms with E-state index in [4.69, 9.17) is 11.6 Å². The first-order valence-electron chi connectivity index (χ1n) is 5.80. The highest BCUT2D eigenvalue weighted by molar-refractivity contribution is 9.11. The van der Waals surface area contributed by atoms with Gasteiger partial charge in [0.25, 0.3) is 0 Å². The van der Waals surface area contributed by atoms with Crippen molar-refractivity contribution in [2.75, 3.05) is 0 Å². The zero-order valence-electron chi connectivity index (χ0n) is 10.5. The van der Waals surface area contributed by atoms with Crippen LogP contribution < -0.4 is 0 Å². The van der Waals surface area contributed by atoms with Gasteiger partial charge in [0.15, 0.2) is 5.82 Å². The molecular formula is C13H12Br2ClN3. The fourth-order valence-electron chi connectivity index (χ4n) is 1.67. The second-order valence-electron chi connectivity index (χ2n) is 4.59. The van der Waals surface area contributed by atoms with E-state index in [2.05, 4.69) is 60.7 Å². The minimum absolute atomic E-state index is 0.442. The van der Waals surface area contributed by atoms with Crippen LogP contribution in [0.15, 0.2) is 27.3 Å². The largest absolute Gasteiger partial charge is 0.251 e. The molecule has 0 saturated heterocycles. The molecule has 19 heavy (non-hydrogen) atoms. The van der Waals surface area contributed by atoms with Gasteiger partial charge in [-0.3, -0.25) is 4.98 Å². The molecule has 2 heterocycles. The Labute approximate surface area is 134 Å². The van der Waals surface area contributed by atoms with E-state index in [-0.39, 0.29) is 0 Å². The highest BCUT2D eigenvalue weighted by atomic mass is 79.9. The average molecular weight is 406 g/mol. The molecule has 0 amide bonds. The number of hydrogen-bond donors (Lipinski definition) is 0. The number of pyridine rings is 1. The molecule has 0 aliphatic carbocycles. The third-order valence-corrected chi connectivity index (χ3v) is 3.62. The predicted octanol–water partition coefficient (Wildman–Crippen LogP) is 4.92. The third kappa shape index (κ3) is 3.97. The van der Waals surface area contributed by atoms with Crippen LogP contribution in [0.25, 0.3) is 11.5 Å². The summed E-state index contributed by atoms with van der Waals surface area (Å²) in [5.74, 6) is 1.06. The van der Waals surface area contributed by atoms with Crippen molar-refractivity contribution in [1.29, 1.82) is 0 Å². The summed E-state index contributed by atoms with van der Waals surface area (Å²) in [6, 6.07) is 3.71. The highest BCUT2D eigenvalue weighted by Gasteiger charge is 2.12. The molecule has 3 nitrogen and oxygen atoms in total. The van der Waals surface area contributed by atoms with Crippen LogP contribution in [0, 0.1) is 5.92 Å². The van der Waals surface area contributed by atoms with Gasteiger partial charge in [-0.25, -0.2) is 9.97 Å². The first kappa shape index (κ1) is 14.9. The molecule has 0 saturated carbocycles. The van der Waals surface area contributed by atoms with Crippen molar-refractivity contribution in [3.8, 4) is 11.5 Å². The van der Waals surface area contributed by atoms with E-state index in [0.29, 0.717) is 22.6 Å². The van der Waals surface area contributed by atoms with Crippen LogP contribution in [-0.2, 0) is 6.42 Å². The van der Waals surface area contributed by atoms with Gasteiger partial charge in [-0.2, -0.15) is 0 Å². The fraction of sp³-hybridized carbons (Fsp3) is 0.308. The van der Waals surface area contributed by atoms with Gasteiger partial charge in [0.1, 0.15) is 10.8 Å². The van der Waals surface area contributed by atoms with Gasteiger partial charge in [0.2, 0.25) is 0 Å². The second-order valence-corrected chi connectivity index (χ2v) is 6.74. The lowest BCUT2D eigenvalue weighted by Gasteiger charge is -2.08. The Hall–Kier alpha value is -0.520. The van der Waals surface area contributed by atoms with Gasteiger partial charge in [-0.05, 0) is 56.3 Å². The van der Waals surface area contributed by atoms with Crippen LogP contribution in [0.5, 0.6) is 0 Å². The van der Waals surface area contributed by atoms with Crippen LogP contribution >= 0.6 is 43.5 Å². The lowest BCUT2D eigenvalue weighted by atomic mass is 10.1. The summed E-state index contributed by atoms with van der Waals surface area (Å²) >= 11 is 12.9. The van der Waals surface area contributed by atoms with Gasteiger partial charge >= 0.3 is 0 Å². The predicted molar refractivity (Wildman–Crippen MR) is 84.2 cm³/mol. The summed E-state index contributed by atoms with van der Waals surface area (Å²) in [6.45, 7) is 4.28. The molecule has 0 radical (unpaired) electrons. The van der Waals surface area contributed by atoms with Crippen LogP contribution in [0.1, 0.15) is 19.5 Å². The number of aromatic nitrogens is 3. The topological polar surface area (TPSA) is 38.7 Å². The van der Waals surface area contributed by atoms with Crippen molar-refractivity contribution in [3.05, 3.63) is 38.1 Å². The maximum Gasteiger partial charge on any atom is 0.180 e. The number of halogens is 3. The molecule has 2 rings (SSSR count). The second kappa shape index (κ2) is 6.29. The maximum atomic E-state index is 6.06. The highest BCUT2D eigenvalue weighted by Crippen LogP contribution is 2.27. The number of hydrogen-bond acceptors (Lipinski definition) is 3. The van der Waals surface area contributed by atoms with Crippen LogP contribution in [0.3, 0.4) is 0 Å². The van der Waals surface area contributed by atoms with E-state index in [9.17, 15) is 0 Å². The Morgan fingerprint density at radius 1 is 1.21 bits per heavy atom. The van der Waals surface area contributed by atoms with Gasteiger partial charge in [-0.15, -0.1) is 0 Å². The van der Waals surface area contributed by atoms with Crippen LogP contribution in [0.2, 0.25) is 5.15 Å². The smallest absolute Gasteiger partial charge is 0.180 e. The molecule has 0 aliphatic rings. The Bertz CT molecular complexity index is 602. The molecule has 0 unspecified atom stereocenters. The summed E-state index contributed by atoms with van der Waals surface area (Å²) < 4.78 is 1.73. The molecule has 100 valence electrons. The van der Waals surface area contributed by atoms with Crippen LogP contribution in [0.4, 0.5) is 0 Å². The van der Waals surface area contributed by atoms with Crippen molar-refractivity contribution >= 4 is 43.5 Å². The van der Waals surface area contributed by atoms with E-state index >= 15 is 0 Å². The van der Waals surface area contributed by atoms with Gasteiger partial charge in [-0.1, -0.05) is 25.4 Å². The zero-order valence-corrected chi connectivity index (χ0v) is 14.4. The van der Waals surface area contributed by atoms with E-state index in [1.54, 1.807) is 12.3 Å². The molecule has 0 aromatic carbocycles. The Kier molecular flexibility index (Phi) is 4.92. The van der Waals surface area contributed by atoms with Crippen molar-refractivity contribution in [2.45, 2.75) is 20.3 Å². The molecule has 0 N–H and O–H groups in total. The molecule has 0 atom stereocenters. The van der Waals surface area contributed by atoms with Crippen molar-refractivity contribution in [1.82, 2.24) is 15.0 Å². The molecule has 0 spiro atoms. The molecule has 2 aromatic rings. The Morgan fingerprint density at radius 3 is 2.58 bits per heavy atom. The summed E-state index contributed by atoms with van der Waals surface area (Å²) in [4.78, 5) is 13.1. The summed E-state index contributed by atoms with van der Waals surface area (Å²) in [5.41, 5.74) is 1.62. The van der Waals surface area contributed by atoms with E-state index in [1.807, 2.05) is 6.07 Å². The number of nitrogens with zero attached hydrogens (tertiary/aromatic N) is 3. The van der Waals surface area contributed by atoms with Crippen molar-refractivity contribution < 1.29 is 0 Å². The van der Waals surface area contributed by atoms with E-state index in [1.165, 1.54) is 0 Å². The SMILES string of the molecule is CC(C)Cc1cc(Cl)nc(-c2ncc(Br)cc2Br)n1. The van der Waals surface area contributed by atoms with Gasteiger partial charge in [0.05, 0.1) is 0 Å². The normalized spacial score (nSPS) is 11.1. The van der Waals surface area contributed by atoms with E-state index < -0.39 is 0 Å². The van der Waals surface area contributed by atoms with Crippen molar-refractivity contribution in [2.24, 2.45) is 5.92 Å². The molecular weight excluding hydrogens is 393 g/mol. The quantitative estimate of drug-likeness (QED) is 0.681. The van der Waals surface area contributed by atoms with Crippen LogP contribution in [-0.4, -0.2) is 15.0 Å². The lowest BCUT2D eigenvalue weighted by Crippen LogP contribution is -2.01. The lowest BCUT2D eigenvalue weighted by molar-refractivity contribution is 0.634. The molecule has 0 fully saturated rings. The molecule has 2 aromatic heterocycles. The molecule has 0 aliphatic heterocycles. The first-order chi connectivity index (χ1) is 8.95. The Balaban J connectivity index is 2.46. The summed E-state index contributed by atoms with van der Waals surface area (Å²) in [5, 5.41) is 0.442. The van der Waals surface area contributed by atoms with Gasteiger partial charge < -0.3 is 0 Å². The zero-order chi connectivity index (χ0) is 14.0. The van der Waals surface area contributed by atoms with Crippen molar-refractivity contribution in [3.63, 3.8) is 0 Å².